The number of ether oxygens (including phenoxy) is 1. The lowest BCUT2D eigenvalue weighted by Gasteiger charge is -2.32. The zero-order valence-corrected chi connectivity index (χ0v) is 23.0. The molecule has 2 saturated heterocycles. The smallest absolute Gasteiger partial charge is 0.469 e. The van der Waals surface area contributed by atoms with E-state index in [0.717, 1.165) is 15.9 Å². The molecule has 0 radical (unpaired) electrons. The number of imidazole rings is 1. The summed E-state index contributed by atoms with van der Waals surface area (Å²) in [6, 6.07) is 6.63. The number of halogens is 2. The second kappa shape index (κ2) is 10.1. The fourth-order valence-electron chi connectivity index (χ4n) is 4.83. The summed E-state index contributed by atoms with van der Waals surface area (Å²) in [7, 11) is 0.745. The lowest BCUT2D eigenvalue weighted by molar-refractivity contribution is -0.149. The fourth-order valence-corrected chi connectivity index (χ4v) is 4.83. The van der Waals surface area contributed by atoms with Crippen molar-refractivity contribution in [1.82, 2.24) is 14.9 Å². The Labute approximate surface area is 222 Å². The van der Waals surface area contributed by atoms with Gasteiger partial charge in [0.15, 0.2) is 0 Å². The molecule has 1 amide bonds. The third-order valence-electron chi connectivity index (χ3n) is 7.95. The van der Waals surface area contributed by atoms with Crippen LogP contribution in [0.2, 0.25) is 0 Å². The quantitative estimate of drug-likeness (QED) is 0.427. The number of amides is 1. The number of hydrogen-bond donors (Lipinski definition) is 1. The minimum Gasteiger partial charge on any atom is -0.469 e. The van der Waals surface area contributed by atoms with Crippen LogP contribution in [-0.4, -0.2) is 64.6 Å². The van der Waals surface area contributed by atoms with Crippen LogP contribution in [0, 0.1) is 11.8 Å². The van der Waals surface area contributed by atoms with E-state index in [2.05, 4.69) is 9.97 Å². The summed E-state index contributed by atoms with van der Waals surface area (Å²) in [5, 5.41) is 0. The highest BCUT2D eigenvalue weighted by atomic mass is 19.3. The Balaban J connectivity index is 1.54. The maximum Gasteiger partial charge on any atom is 0.494 e. The number of methoxy groups -OCH3 is 1. The Morgan fingerprint density at radius 2 is 1.76 bits per heavy atom. The molecule has 3 heterocycles. The van der Waals surface area contributed by atoms with Crippen molar-refractivity contribution in [3.63, 3.8) is 0 Å². The highest BCUT2D eigenvalue weighted by Crippen LogP contribution is 2.42. The molecule has 0 bridgehead atoms. The molecular formula is C27H36BF2N3O5. The average molecular weight is 531 g/mol. The maximum absolute atomic E-state index is 14.6. The molecule has 2 aliphatic rings. The molecule has 0 spiro atoms. The number of rotatable bonds is 7. The van der Waals surface area contributed by atoms with E-state index in [1.165, 1.54) is 7.11 Å². The first kappa shape index (κ1) is 28.2. The third kappa shape index (κ3) is 5.49. The summed E-state index contributed by atoms with van der Waals surface area (Å²) in [6.07, 6.45) is 0.864. The van der Waals surface area contributed by atoms with Gasteiger partial charge in [-0.05, 0) is 44.6 Å². The molecule has 2 atom stereocenters. The summed E-state index contributed by atoms with van der Waals surface area (Å²) >= 11 is 0. The standard InChI is InChI=1S/C27H36BF2N3O5/c1-16(2)19(12-22(34)36-7)24(35)33-15-27(29,30)13-21(33)23-31-14-20(32-23)17-8-10-18(11-9-17)28-37-25(3,4)26(5,6)38-28/h8-11,14,16,19,21H,12-13,15H2,1-7H3,(H,31,32)/t19-,21-/m0/s1. The monoisotopic (exact) mass is 531 g/mol. The molecule has 1 aromatic carbocycles. The summed E-state index contributed by atoms with van der Waals surface area (Å²) in [6.45, 7) is 10.8. The Morgan fingerprint density at radius 1 is 1.16 bits per heavy atom. The number of aromatic amines is 1. The molecule has 206 valence electrons. The second-order valence-electron chi connectivity index (χ2n) is 11.6. The topological polar surface area (TPSA) is 93.8 Å². The lowest BCUT2D eigenvalue weighted by Crippen LogP contribution is -2.41. The minimum atomic E-state index is -3.06. The number of carbonyl (C=O) groups excluding carboxylic acids is 2. The molecule has 38 heavy (non-hydrogen) atoms. The van der Waals surface area contributed by atoms with E-state index in [4.69, 9.17) is 14.0 Å². The van der Waals surface area contributed by atoms with Gasteiger partial charge in [-0.3, -0.25) is 9.59 Å². The molecular weight excluding hydrogens is 495 g/mol. The highest BCUT2D eigenvalue weighted by molar-refractivity contribution is 6.62. The lowest BCUT2D eigenvalue weighted by atomic mass is 9.79. The first-order valence-electron chi connectivity index (χ1n) is 12.9. The van der Waals surface area contributed by atoms with E-state index in [1.807, 2.05) is 52.0 Å². The minimum absolute atomic E-state index is 0.166. The van der Waals surface area contributed by atoms with Crippen LogP contribution in [0.4, 0.5) is 8.78 Å². The van der Waals surface area contributed by atoms with Crippen molar-refractivity contribution >= 4 is 24.5 Å². The van der Waals surface area contributed by atoms with Crippen molar-refractivity contribution < 1.29 is 32.4 Å². The van der Waals surface area contributed by atoms with Gasteiger partial charge in [-0.2, -0.15) is 0 Å². The molecule has 1 N–H and O–H groups in total. The van der Waals surface area contributed by atoms with Gasteiger partial charge in [0.2, 0.25) is 5.91 Å². The van der Waals surface area contributed by atoms with Crippen LogP contribution in [0.5, 0.6) is 0 Å². The molecule has 2 aromatic rings. The number of alkyl halides is 2. The van der Waals surface area contributed by atoms with Crippen molar-refractivity contribution in [1.29, 1.82) is 0 Å². The molecule has 8 nitrogen and oxygen atoms in total. The summed E-state index contributed by atoms with van der Waals surface area (Å²) in [4.78, 5) is 33.9. The second-order valence-corrected chi connectivity index (χ2v) is 11.6. The van der Waals surface area contributed by atoms with Crippen LogP contribution >= 0.6 is 0 Å². The molecule has 2 fully saturated rings. The van der Waals surface area contributed by atoms with Crippen molar-refractivity contribution in [2.45, 2.75) is 77.6 Å². The van der Waals surface area contributed by atoms with Crippen molar-refractivity contribution in [3.05, 3.63) is 36.3 Å². The maximum atomic E-state index is 14.6. The van der Waals surface area contributed by atoms with Gasteiger partial charge in [0.25, 0.3) is 5.92 Å². The summed E-state index contributed by atoms with van der Waals surface area (Å²) in [5.41, 5.74) is 1.40. The van der Waals surface area contributed by atoms with Crippen LogP contribution in [0.1, 0.15) is 66.3 Å². The van der Waals surface area contributed by atoms with E-state index in [9.17, 15) is 18.4 Å². The molecule has 0 unspecified atom stereocenters. The van der Waals surface area contributed by atoms with Gasteiger partial charge < -0.3 is 23.9 Å². The van der Waals surface area contributed by atoms with Crippen molar-refractivity contribution in [3.8, 4) is 11.3 Å². The third-order valence-corrected chi connectivity index (χ3v) is 7.95. The number of carbonyl (C=O) groups is 2. The van der Waals surface area contributed by atoms with Crippen LogP contribution in [-0.2, 0) is 23.6 Å². The first-order chi connectivity index (χ1) is 17.6. The number of likely N-dealkylation sites (tertiary alicyclic amines) is 1. The van der Waals surface area contributed by atoms with E-state index >= 15 is 0 Å². The zero-order chi connectivity index (χ0) is 28.0. The Hall–Kier alpha value is -2.79. The molecule has 0 saturated carbocycles. The SMILES string of the molecule is COC(=O)C[C@H](C(=O)N1CC(F)(F)C[C@H]1c1ncc(-c2ccc(B3OC(C)(C)C(C)(C)O3)cc2)[nH]1)C(C)C. The largest absolute Gasteiger partial charge is 0.494 e. The summed E-state index contributed by atoms with van der Waals surface area (Å²) in [5.74, 6) is -4.84. The number of nitrogens with zero attached hydrogens (tertiary/aromatic N) is 2. The van der Waals surface area contributed by atoms with Crippen LogP contribution in [0.15, 0.2) is 30.5 Å². The Kier molecular flexibility index (Phi) is 7.48. The van der Waals surface area contributed by atoms with E-state index in [1.54, 1.807) is 20.0 Å². The normalized spacial score (nSPS) is 22.6. The molecule has 4 rings (SSSR count). The van der Waals surface area contributed by atoms with Crippen molar-refractivity contribution in [2.24, 2.45) is 11.8 Å². The predicted molar refractivity (Wildman–Crippen MR) is 139 cm³/mol. The van der Waals surface area contributed by atoms with Crippen molar-refractivity contribution in [2.75, 3.05) is 13.7 Å². The molecule has 0 aliphatic carbocycles. The number of H-pyrrole nitrogens is 1. The fraction of sp³-hybridized carbons (Fsp3) is 0.593. The molecule has 1 aromatic heterocycles. The van der Waals surface area contributed by atoms with E-state index in [-0.39, 0.29) is 18.2 Å². The number of esters is 1. The highest BCUT2D eigenvalue weighted by Gasteiger charge is 2.52. The first-order valence-corrected chi connectivity index (χ1v) is 12.9. The van der Waals surface area contributed by atoms with Gasteiger partial charge in [-0.25, -0.2) is 13.8 Å². The van der Waals surface area contributed by atoms with Crippen LogP contribution < -0.4 is 5.46 Å². The van der Waals surface area contributed by atoms with Gasteiger partial charge >= 0.3 is 13.1 Å². The van der Waals surface area contributed by atoms with E-state index < -0.39 is 61.0 Å². The molecule has 2 aliphatic heterocycles. The summed E-state index contributed by atoms with van der Waals surface area (Å²) < 4.78 is 46.1. The average Bonchev–Trinajstić information content (AvgIpc) is 3.50. The van der Waals surface area contributed by atoms with Gasteiger partial charge in [0, 0.05) is 6.42 Å². The Morgan fingerprint density at radius 3 is 2.32 bits per heavy atom. The Bertz CT molecular complexity index is 1170. The predicted octanol–water partition coefficient (Wildman–Crippen LogP) is 4.12. The number of nitrogens with one attached hydrogen (secondary N) is 1. The van der Waals surface area contributed by atoms with Gasteiger partial charge in [-0.1, -0.05) is 38.1 Å². The zero-order valence-electron chi connectivity index (χ0n) is 23.0. The number of aromatic nitrogens is 2. The van der Waals surface area contributed by atoms with Gasteiger partial charge in [0.05, 0.1) is 55.1 Å². The molecule has 11 heteroatoms. The van der Waals surface area contributed by atoms with Crippen LogP contribution in [0.3, 0.4) is 0 Å². The van der Waals surface area contributed by atoms with E-state index in [0.29, 0.717) is 5.69 Å². The van der Waals surface area contributed by atoms with Gasteiger partial charge in [-0.15, -0.1) is 0 Å². The number of hydrogen-bond acceptors (Lipinski definition) is 6. The number of benzene rings is 1. The van der Waals surface area contributed by atoms with Crippen LogP contribution in [0.25, 0.3) is 11.3 Å². The van der Waals surface area contributed by atoms with Gasteiger partial charge in [0.1, 0.15) is 5.82 Å².